The van der Waals surface area contributed by atoms with Gasteiger partial charge in [0.05, 0.1) is 36.1 Å². The lowest BCUT2D eigenvalue weighted by molar-refractivity contribution is -0.172. The van der Waals surface area contributed by atoms with E-state index < -0.39 is 23.4 Å². The van der Waals surface area contributed by atoms with Crippen molar-refractivity contribution in [3.05, 3.63) is 68.1 Å². The zero-order chi connectivity index (χ0) is 27.4. The fraction of sp³-hybridized carbons (Fsp3) is 0.321. The maximum atomic E-state index is 13.5. The highest BCUT2D eigenvalue weighted by Crippen LogP contribution is 2.41. The molecule has 38 heavy (non-hydrogen) atoms. The van der Waals surface area contributed by atoms with Gasteiger partial charge in [0.1, 0.15) is 12.3 Å². The van der Waals surface area contributed by atoms with Gasteiger partial charge >= 0.3 is 11.9 Å². The van der Waals surface area contributed by atoms with Crippen LogP contribution in [0.3, 0.4) is 0 Å². The molecular weight excluding hydrogens is 490 g/mol. The van der Waals surface area contributed by atoms with E-state index in [0.717, 1.165) is 16.5 Å². The van der Waals surface area contributed by atoms with E-state index in [0.29, 0.717) is 28.9 Å². The Hall–Kier alpha value is -4.31. The first kappa shape index (κ1) is 25.3. The van der Waals surface area contributed by atoms with E-state index in [4.69, 9.17) is 14.5 Å². The van der Waals surface area contributed by atoms with Crippen LogP contribution in [0.5, 0.6) is 0 Å². The molecule has 0 aliphatic carbocycles. The summed E-state index contributed by atoms with van der Waals surface area (Å²) in [6, 6.07) is 7.12. The summed E-state index contributed by atoms with van der Waals surface area (Å²) in [4.78, 5) is 54.9. The smallest absolute Gasteiger partial charge is 0.354 e. The molecule has 0 radical (unpaired) electrons. The van der Waals surface area contributed by atoms with Crippen molar-refractivity contribution in [2.24, 2.45) is 0 Å². The number of rotatable bonds is 5. The van der Waals surface area contributed by atoms with Crippen molar-refractivity contribution in [1.29, 1.82) is 0 Å². The summed E-state index contributed by atoms with van der Waals surface area (Å²) < 4.78 is 11.6. The van der Waals surface area contributed by atoms with E-state index in [1.54, 1.807) is 29.7 Å². The molecule has 2 aliphatic heterocycles. The molecular formula is C28H27N3O7. The van der Waals surface area contributed by atoms with E-state index in [1.807, 2.05) is 19.1 Å². The molecule has 1 aromatic carbocycles. The highest BCUT2D eigenvalue weighted by molar-refractivity contribution is 6.01. The van der Waals surface area contributed by atoms with Crippen LogP contribution in [0, 0.1) is 0 Å². The van der Waals surface area contributed by atoms with Gasteiger partial charge in [-0.1, -0.05) is 26.0 Å². The second-order valence-electron chi connectivity index (χ2n) is 9.35. The first-order valence-electron chi connectivity index (χ1n) is 12.3. The lowest BCUT2D eigenvalue weighted by Gasteiger charge is -2.31. The number of methoxy groups -OCH3 is 1. The van der Waals surface area contributed by atoms with Crippen molar-refractivity contribution in [2.45, 2.75) is 52.4 Å². The quantitative estimate of drug-likeness (QED) is 0.304. The summed E-state index contributed by atoms with van der Waals surface area (Å²) in [7, 11) is 1.24. The summed E-state index contributed by atoms with van der Waals surface area (Å²) in [5.41, 5.74) is 2.46. The molecule has 0 bridgehead atoms. The average Bonchev–Trinajstić information content (AvgIpc) is 3.27. The Morgan fingerprint density at radius 2 is 2.03 bits per heavy atom. The van der Waals surface area contributed by atoms with Gasteiger partial charge in [-0.05, 0) is 42.2 Å². The number of fused-ring (bicyclic) bond motifs is 5. The van der Waals surface area contributed by atoms with Crippen LogP contribution < -0.4 is 10.9 Å². The Morgan fingerprint density at radius 3 is 2.68 bits per heavy atom. The molecule has 2 aliphatic rings. The predicted octanol–water partition coefficient (Wildman–Crippen LogP) is 2.29. The molecule has 5 rings (SSSR count). The topological polar surface area (TPSA) is 137 Å². The van der Waals surface area contributed by atoms with Crippen LogP contribution in [0.4, 0.5) is 0 Å². The number of amides is 1. The van der Waals surface area contributed by atoms with Crippen LogP contribution in [0.2, 0.25) is 0 Å². The number of hydrogen-bond donors (Lipinski definition) is 2. The lowest BCUT2D eigenvalue weighted by Crippen LogP contribution is -2.44. The first-order valence-corrected chi connectivity index (χ1v) is 12.3. The third-order valence-corrected chi connectivity index (χ3v) is 7.23. The second kappa shape index (κ2) is 9.21. The van der Waals surface area contributed by atoms with Gasteiger partial charge in [-0.25, -0.2) is 14.6 Å². The van der Waals surface area contributed by atoms with Crippen molar-refractivity contribution in [1.82, 2.24) is 14.9 Å². The fourth-order valence-electron chi connectivity index (χ4n) is 5.37. The number of carbonyl (C=O) groups excluding carboxylic acids is 3. The zero-order valence-corrected chi connectivity index (χ0v) is 21.5. The predicted molar refractivity (Wildman–Crippen MR) is 138 cm³/mol. The van der Waals surface area contributed by atoms with Crippen LogP contribution in [0.25, 0.3) is 28.4 Å². The second-order valence-corrected chi connectivity index (χ2v) is 9.35. The molecule has 1 unspecified atom stereocenters. The molecule has 10 nitrogen and oxygen atoms in total. The number of pyridine rings is 2. The molecule has 196 valence electrons. The molecule has 4 heterocycles. The Labute approximate surface area is 217 Å². The van der Waals surface area contributed by atoms with Crippen molar-refractivity contribution in [3.8, 4) is 11.4 Å². The molecule has 10 heteroatoms. The van der Waals surface area contributed by atoms with Crippen LogP contribution in [-0.4, -0.2) is 39.6 Å². The van der Waals surface area contributed by atoms with Gasteiger partial charge in [0.15, 0.2) is 5.60 Å². The van der Waals surface area contributed by atoms with Gasteiger partial charge in [0.2, 0.25) is 5.91 Å². The fourth-order valence-corrected chi connectivity index (χ4v) is 5.37. The molecule has 1 amide bonds. The number of nitrogens with zero attached hydrogens (tertiary/aromatic N) is 2. The van der Waals surface area contributed by atoms with Crippen LogP contribution in [0.1, 0.15) is 55.0 Å². The summed E-state index contributed by atoms with van der Waals surface area (Å²) in [5.74, 6) is -1.87. The molecule has 0 saturated carbocycles. The maximum absolute atomic E-state index is 13.5. The minimum atomic E-state index is -1.90. The summed E-state index contributed by atoms with van der Waals surface area (Å²) >= 11 is 0. The summed E-state index contributed by atoms with van der Waals surface area (Å²) in [5, 5.41) is 14.4. The van der Waals surface area contributed by atoms with Crippen LogP contribution in [-0.2, 0) is 49.0 Å². The number of nitrogens with one attached hydrogen (secondary N) is 1. The number of hydrogen-bond acceptors (Lipinski definition) is 8. The minimum Gasteiger partial charge on any atom is -0.464 e. The SMILES string of the molecule is CCc1c2c(nc3cccc(C=C(NC(C)=O)C(=O)OC)c13)-c1cc3c(c(=O)n1C2)COC(=O)C3(O)CC. The number of benzene rings is 1. The number of esters is 2. The normalized spacial score (nSPS) is 17.9. The molecule has 3 aromatic rings. The van der Waals surface area contributed by atoms with E-state index >= 15 is 0 Å². The Morgan fingerprint density at radius 1 is 1.26 bits per heavy atom. The summed E-state index contributed by atoms with van der Waals surface area (Å²) in [6.07, 6.45) is 2.22. The number of carbonyl (C=O) groups is 3. The summed E-state index contributed by atoms with van der Waals surface area (Å²) in [6.45, 7) is 5.02. The highest BCUT2D eigenvalue weighted by Gasteiger charge is 2.45. The molecule has 0 saturated heterocycles. The Bertz CT molecular complexity index is 1640. The number of cyclic esters (lactones) is 1. The van der Waals surface area contributed by atoms with E-state index in [-0.39, 0.29) is 42.0 Å². The standard InChI is InChI=1S/C28H27N3O7/c1-5-16-17-12-31-22(11-19-18(25(31)33)13-38-27(35)28(19,36)6-2)24(17)30-20-9-7-8-15(23(16)20)10-21(26(34)37-4)29-14(3)32/h7-11,36H,5-6,12-13H2,1-4H3,(H,29,32). The van der Waals surface area contributed by atoms with Gasteiger partial charge in [-0.2, -0.15) is 0 Å². The van der Waals surface area contributed by atoms with Crippen LogP contribution >= 0.6 is 0 Å². The van der Waals surface area contributed by atoms with Crippen molar-refractivity contribution >= 4 is 34.8 Å². The zero-order valence-electron chi connectivity index (χ0n) is 21.5. The number of aryl methyl sites for hydroxylation is 1. The number of ether oxygens (including phenoxy) is 2. The third kappa shape index (κ3) is 3.71. The molecule has 0 fully saturated rings. The van der Waals surface area contributed by atoms with Gasteiger partial charge < -0.3 is 24.5 Å². The number of aromatic nitrogens is 2. The minimum absolute atomic E-state index is 0.00856. The first-order chi connectivity index (χ1) is 18.1. The average molecular weight is 518 g/mol. The van der Waals surface area contributed by atoms with Gasteiger partial charge in [-0.3, -0.25) is 9.59 Å². The Kier molecular flexibility index (Phi) is 6.15. The van der Waals surface area contributed by atoms with E-state index in [1.165, 1.54) is 14.0 Å². The monoisotopic (exact) mass is 517 g/mol. The van der Waals surface area contributed by atoms with E-state index in [2.05, 4.69) is 5.32 Å². The third-order valence-electron chi connectivity index (χ3n) is 7.23. The van der Waals surface area contributed by atoms with Crippen molar-refractivity contribution in [2.75, 3.05) is 7.11 Å². The van der Waals surface area contributed by atoms with Crippen molar-refractivity contribution in [3.63, 3.8) is 0 Å². The molecule has 1 atom stereocenters. The molecule has 2 N–H and O–H groups in total. The molecule has 0 spiro atoms. The largest absolute Gasteiger partial charge is 0.464 e. The van der Waals surface area contributed by atoms with Crippen molar-refractivity contribution < 1.29 is 29.0 Å². The van der Waals surface area contributed by atoms with E-state index in [9.17, 15) is 24.3 Å². The molecule has 2 aromatic heterocycles. The van der Waals surface area contributed by atoms with Gasteiger partial charge in [-0.15, -0.1) is 0 Å². The maximum Gasteiger partial charge on any atom is 0.354 e. The van der Waals surface area contributed by atoms with Gasteiger partial charge in [0, 0.05) is 23.4 Å². The van der Waals surface area contributed by atoms with Crippen LogP contribution in [0.15, 0.2) is 34.8 Å². The lowest BCUT2D eigenvalue weighted by atomic mass is 9.86. The number of aliphatic hydroxyl groups is 1. The van der Waals surface area contributed by atoms with Gasteiger partial charge in [0.25, 0.3) is 5.56 Å². The Balaban J connectivity index is 1.76. The highest BCUT2D eigenvalue weighted by atomic mass is 16.6.